The van der Waals surface area contributed by atoms with Crippen LogP contribution in [0.1, 0.15) is 21.5 Å². The number of nitrogens with zero attached hydrogens (tertiary/aromatic N) is 1. The van der Waals surface area contributed by atoms with Crippen LogP contribution in [-0.4, -0.2) is 16.0 Å². The second-order valence-corrected chi connectivity index (χ2v) is 3.20. The van der Waals surface area contributed by atoms with E-state index in [0.29, 0.717) is 0 Å². The van der Waals surface area contributed by atoms with Gasteiger partial charge in [0.05, 0.1) is 4.92 Å². The van der Waals surface area contributed by atoms with Gasteiger partial charge in [0.2, 0.25) is 0 Å². The number of nitro benzene ring substituents is 1. The number of carbonyl (C=O) groups is 1. The Bertz CT molecular complexity index is 398. The first-order chi connectivity index (χ1) is 6.59. The molecule has 2 rings (SSSR count). The Balaban J connectivity index is 2.61. The number of nitro groups is 1. The summed E-state index contributed by atoms with van der Waals surface area (Å²) >= 11 is 0. The Kier molecular flexibility index (Phi) is 1.73. The Hall–Kier alpha value is -1.91. The summed E-state index contributed by atoms with van der Waals surface area (Å²) in [5.74, 6) is -1.24. The van der Waals surface area contributed by atoms with Gasteiger partial charge in [-0.1, -0.05) is 0 Å². The van der Waals surface area contributed by atoms with Crippen molar-refractivity contribution in [1.82, 2.24) is 0 Å². The molecule has 0 unspecified atom stereocenters. The molecule has 0 saturated carbocycles. The van der Waals surface area contributed by atoms with Gasteiger partial charge in [0.1, 0.15) is 5.56 Å². The van der Waals surface area contributed by atoms with Crippen molar-refractivity contribution in [3.05, 3.63) is 38.9 Å². The SMILES string of the molecule is O=C(O)c1cc2c(cc1[N+](=O)[O-])CC2. The zero-order valence-corrected chi connectivity index (χ0v) is 7.19. The highest BCUT2D eigenvalue weighted by atomic mass is 16.6. The minimum atomic E-state index is -1.24. The van der Waals surface area contributed by atoms with E-state index in [9.17, 15) is 14.9 Å². The number of hydrogen-bond donors (Lipinski definition) is 1. The summed E-state index contributed by atoms with van der Waals surface area (Å²) in [6.07, 6.45) is 1.61. The van der Waals surface area contributed by atoms with E-state index in [2.05, 4.69) is 0 Å². The van der Waals surface area contributed by atoms with Gasteiger partial charge in [0.25, 0.3) is 5.69 Å². The molecule has 1 N–H and O–H groups in total. The summed E-state index contributed by atoms with van der Waals surface area (Å²) in [5.41, 5.74) is 1.28. The topological polar surface area (TPSA) is 80.4 Å². The molecule has 72 valence electrons. The molecular formula is C9H7NO4. The molecule has 0 fully saturated rings. The molecule has 0 bridgehead atoms. The van der Waals surface area contributed by atoms with E-state index in [1.165, 1.54) is 12.1 Å². The zero-order chi connectivity index (χ0) is 10.3. The molecule has 5 heteroatoms. The normalized spacial score (nSPS) is 12.9. The number of aromatic carboxylic acids is 1. The van der Waals surface area contributed by atoms with Gasteiger partial charge in [-0.3, -0.25) is 10.1 Å². The molecule has 0 amide bonds. The van der Waals surface area contributed by atoms with E-state index >= 15 is 0 Å². The summed E-state index contributed by atoms with van der Waals surface area (Å²) in [7, 11) is 0. The van der Waals surface area contributed by atoms with Gasteiger partial charge in [-0.25, -0.2) is 4.79 Å². The molecule has 0 radical (unpaired) electrons. The molecule has 0 aromatic heterocycles. The van der Waals surface area contributed by atoms with Gasteiger partial charge in [-0.05, 0) is 30.0 Å². The van der Waals surface area contributed by atoms with Crippen LogP contribution in [0.4, 0.5) is 5.69 Å². The Morgan fingerprint density at radius 3 is 2.36 bits per heavy atom. The maximum Gasteiger partial charge on any atom is 0.342 e. The van der Waals surface area contributed by atoms with Crippen molar-refractivity contribution in [3.63, 3.8) is 0 Å². The van der Waals surface area contributed by atoms with Crippen LogP contribution in [0.2, 0.25) is 0 Å². The summed E-state index contributed by atoms with van der Waals surface area (Å²) < 4.78 is 0. The molecule has 0 saturated heterocycles. The largest absolute Gasteiger partial charge is 0.477 e. The number of hydrogen-bond acceptors (Lipinski definition) is 3. The minimum absolute atomic E-state index is 0.214. The third-order valence-electron chi connectivity index (χ3n) is 2.41. The monoisotopic (exact) mass is 193 g/mol. The van der Waals surface area contributed by atoms with Gasteiger partial charge in [-0.15, -0.1) is 0 Å². The van der Waals surface area contributed by atoms with Crippen molar-refractivity contribution in [2.45, 2.75) is 12.8 Å². The quantitative estimate of drug-likeness (QED) is 0.568. The number of carboxylic acid groups (broad SMARTS) is 1. The Morgan fingerprint density at radius 2 is 1.93 bits per heavy atom. The molecule has 0 spiro atoms. The zero-order valence-electron chi connectivity index (χ0n) is 7.19. The number of benzene rings is 1. The fraction of sp³-hybridized carbons (Fsp3) is 0.222. The van der Waals surface area contributed by atoms with Crippen LogP contribution in [0, 0.1) is 10.1 Å². The lowest BCUT2D eigenvalue weighted by molar-refractivity contribution is -0.385. The van der Waals surface area contributed by atoms with Crippen molar-refractivity contribution in [2.75, 3.05) is 0 Å². The summed E-state index contributed by atoms with van der Waals surface area (Å²) in [5, 5.41) is 19.3. The predicted molar refractivity (Wildman–Crippen MR) is 47.5 cm³/mol. The van der Waals surface area contributed by atoms with Crippen LogP contribution in [0.15, 0.2) is 12.1 Å². The van der Waals surface area contributed by atoms with Gasteiger partial charge in [0, 0.05) is 6.07 Å². The average Bonchev–Trinajstić information content (AvgIpc) is 2.05. The third kappa shape index (κ3) is 1.14. The summed E-state index contributed by atoms with van der Waals surface area (Å²) in [6, 6.07) is 2.77. The van der Waals surface area contributed by atoms with E-state index in [1.807, 2.05) is 0 Å². The molecule has 0 heterocycles. The van der Waals surface area contributed by atoms with Gasteiger partial charge in [0.15, 0.2) is 0 Å². The first-order valence-corrected chi connectivity index (χ1v) is 4.13. The number of rotatable bonds is 2. The molecule has 1 aliphatic rings. The van der Waals surface area contributed by atoms with Gasteiger partial charge < -0.3 is 5.11 Å². The third-order valence-corrected chi connectivity index (χ3v) is 2.41. The lowest BCUT2D eigenvalue weighted by Crippen LogP contribution is -2.12. The summed E-state index contributed by atoms with van der Waals surface area (Å²) in [4.78, 5) is 20.6. The van der Waals surface area contributed by atoms with Crippen LogP contribution < -0.4 is 0 Å². The van der Waals surface area contributed by atoms with Crippen LogP contribution in [0.3, 0.4) is 0 Å². The fourth-order valence-corrected chi connectivity index (χ4v) is 1.56. The van der Waals surface area contributed by atoms with Gasteiger partial charge in [-0.2, -0.15) is 0 Å². The fourth-order valence-electron chi connectivity index (χ4n) is 1.56. The van der Waals surface area contributed by atoms with Crippen molar-refractivity contribution < 1.29 is 14.8 Å². The van der Waals surface area contributed by atoms with Crippen LogP contribution in [-0.2, 0) is 12.8 Å². The highest BCUT2D eigenvalue weighted by molar-refractivity contribution is 5.93. The first kappa shape index (κ1) is 8.68. The smallest absolute Gasteiger partial charge is 0.342 e. The Morgan fingerprint density at radius 1 is 1.36 bits per heavy atom. The molecule has 5 nitrogen and oxygen atoms in total. The number of aryl methyl sites for hydroxylation is 2. The van der Waals surface area contributed by atoms with Crippen molar-refractivity contribution in [2.24, 2.45) is 0 Å². The highest BCUT2D eigenvalue weighted by Crippen LogP contribution is 2.30. The van der Waals surface area contributed by atoms with Crippen LogP contribution in [0.25, 0.3) is 0 Å². The van der Waals surface area contributed by atoms with E-state index < -0.39 is 10.9 Å². The standard InChI is InChI=1S/C9H7NO4/c11-9(12)7-3-5-1-2-6(5)4-8(7)10(13)14/h3-4H,1-2H2,(H,11,12). The lowest BCUT2D eigenvalue weighted by Gasteiger charge is -2.18. The maximum atomic E-state index is 10.7. The molecule has 0 atom stereocenters. The average molecular weight is 193 g/mol. The lowest BCUT2D eigenvalue weighted by atomic mass is 9.86. The second-order valence-electron chi connectivity index (χ2n) is 3.20. The van der Waals surface area contributed by atoms with Crippen molar-refractivity contribution >= 4 is 11.7 Å². The van der Waals surface area contributed by atoms with E-state index in [0.717, 1.165) is 24.0 Å². The molecule has 14 heavy (non-hydrogen) atoms. The van der Waals surface area contributed by atoms with Crippen molar-refractivity contribution in [3.8, 4) is 0 Å². The summed E-state index contributed by atoms with van der Waals surface area (Å²) in [6.45, 7) is 0. The van der Waals surface area contributed by atoms with Crippen molar-refractivity contribution in [1.29, 1.82) is 0 Å². The van der Waals surface area contributed by atoms with Crippen LogP contribution >= 0.6 is 0 Å². The number of carboxylic acids is 1. The molecule has 1 aliphatic carbocycles. The molecule has 0 aliphatic heterocycles. The minimum Gasteiger partial charge on any atom is -0.477 e. The van der Waals surface area contributed by atoms with E-state index in [1.54, 1.807) is 0 Å². The first-order valence-electron chi connectivity index (χ1n) is 4.13. The second kappa shape index (κ2) is 2.80. The number of fused-ring (bicyclic) bond motifs is 1. The highest BCUT2D eigenvalue weighted by Gasteiger charge is 2.25. The Labute approximate surface area is 79.1 Å². The molecule has 1 aromatic carbocycles. The van der Waals surface area contributed by atoms with Gasteiger partial charge >= 0.3 is 5.97 Å². The predicted octanol–water partition coefficient (Wildman–Crippen LogP) is 1.39. The molecule has 1 aromatic rings. The van der Waals surface area contributed by atoms with Crippen LogP contribution in [0.5, 0.6) is 0 Å². The molecular weight excluding hydrogens is 186 g/mol. The van der Waals surface area contributed by atoms with E-state index in [-0.39, 0.29) is 11.3 Å². The van der Waals surface area contributed by atoms with E-state index in [4.69, 9.17) is 5.11 Å². The maximum absolute atomic E-state index is 10.7.